The fourth-order valence-corrected chi connectivity index (χ4v) is 5.94. The van der Waals surface area contributed by atoms with Crippen molar-refractivity contribution in [1.29, 1.82) is 0 Å². The first kappa shape index (κ1) is 26.5. The van der Waals surface area contributed by atoms with E-state index >= 15 is 0 Å². The number of hydrogen-bond donors (Lipinski definition) is 3. The minimum atomic E-state index is -0.787. The summed E-state index contributed by atoms with van der Waals surface area (Å²) in [6.07, 6.45) is 8.23. The van der Waals surface area contributed by atoms with Crippen LogP contribution in [0.5, 0.6) is 0 Å². The lowest BCUT2D eigenvalue weighted by Crippen LogP contribution is -2.65. The van der Waals surface area contributed by atoms with Gasteiger partial charge in [-0.2, -0.15) is 0 Å². The van der Waals surface area contributed by atoms with Gasteiger partial charge in [0.15, 0.2) is 0 Å². The van der Waals surface area contributed by atoms with E-state index in [9.17, 15) is 5.11 Å². The first-order valence-corrected chi connectivity index (χ1v) is 10.5. The number of hydrogen-bond acceptors (Lipinski definition) is 1. The van der Waals surface area contributed by atoms with E-state index in [0.29, 0.717) is 5.92 Å². The molecule has 0 atom stereocenters. The van der Waals surface area contributed by atoms with Gasteiger partial charge in [0.2, 0.25) is 0 Å². The van der Waals surface area contributed by atoms with E-state index in [1.54, 1.807) is 0 Å². The summed E-state index contributed by atoms with van der Waals surface area (Å²) >= 11 is 0. The van der Waals surface area contributed by atoms with Crippen molar-refractivity contribution in [2.24, 2.45) is 28.2 Å². The molecule has 6 N–H and O–H groups in total. The maximum absolute atomic E-state index is 13.8. The van der Waals surface area contributed by atoms with Crippen molar-refractivity contribution in [1.82, 2.24) is 0 Å². The third-order valence-corrected chi connectivity index (χ3v) is 7.20. The molecule has 0 saturated carbocycles. The molecule has 0 fully saturated rings. The quantitative estimate of drug-likeness (QED) is 0.391. The monoisotopic (exact) mass is 357 g/mol. The Morgan fingerprint density at radius 1 is 0.760 bits per heavy atom. The number of rotatable bonds is 11. The van der Waals surface area contributed by atoms with E-state index < -0.39 is 5.60 Å². The largest absolute Gasteiger partial charge is 0.849 e. The van der Waals surface area contributed by atoms with Crippen LogP contribution in [-0.2, 0) is 0 Å². The molecule has 0 aliphatic rings. The van der Waals surface area contributed by atoms with Crippen molar-refractivity contribution in [3.63, 3.8) is 0 Å². The summed E-state index contributed by atoms with van der Waals surface area (Å²) < 4.78 is 0. The van der Waals surface area contributed by atoms with Gasteiger partial charge in [-0.25, -0.2) is 0 Å². The highest BCUT2D eigenvalue weighted by Crippen LogP contribution is 2.61. The minimum Gasteiger partial charge on any atom is -0.849 e. The molecule has 152 valence electrons. The van der Waals surface area contributed by atoms with Gasteiger partial charge in [0.05, 0.1) is 0 Å². The summed E-state index contributed by atoms with van der Waals surface area (Å²) in [6, 6.07) is 0. The number of guanidine groups is 1. The van der Waals surface area contributed by atoms with Crippen LogP contribution in [0.2, 0.25) is 0 Å². The molecular weight excluding hydrogens is 310 g/mol. The fraction of sp³-hybridized carbons (Fsp3) is 0.952. The van der Waals surface area contributed by atoms with E-state index in [-0.39, 0.29) is 16.8 Å². The molecule has 0 heterocycles. The van der Waals surface area contributed by atoms with Crippen molar-refractivity contribution >= 4 is 5.96 Å². The average molecular weight is 358 g/mol. The van der Waals surface area contributed by atoms with E-state index in [1.807, 2.05) is 0 Å². The predicted octanol–water partition coefficient (Wildman–Crippen LogP) is 2.97. The standard InChI is InChI=1S/C20H41O.CH5N3/c1-9-17(10-2)18(11-3,12-4)19(13-5,14-6)20(21,15-7)16-8;2-1(3)4/h17H,9-16H2,1-8H3;(H5,2,3,4)/q-1;/p+1. The third-order valence-electron chi connectivity index (χ3n) is 7.20. The molecular formula is C21H47N3O. The van der Waals surface area contributed by atoms with Crippen molar-refractivity contribution in [2.45, 2.75) is 112 Å². The Bertz CT molecular complexity index is 348. The zero-order valence-corrected chi connectivity index (χ0v) is 18.4. The van der Waals surface area contributed by atoms with Gasteiger partial charge in [0.25, 0.3) is 0 Å². The third kappa shape index (κ3) is 5.12. The Balaban J connectivity index is 0. The summed E-state index contributed by atoms with van der Waals surface area (Å²) in [4.78, 5) is 0. The van der Waals surface area contributed by atoms with Gasteiger partial charge in [0.1, 0.15) is 0 Å². The molecule has 0 saturated heterocycles. The average Bonchev–Trinajstić information content (AvgIpc) is 2.61. The molecule has 4 nitrogen and oxygen atoms in total. The zero-order valence-electron chi connectivity index (χ0n) is 18.4. The molecule has 0 aliphatic carbocycles. The smallest absolute Gasteiger partial charge is 0.336 e. The van der Waals surface area contributed by atoms with Gasteiger partial charge in [-0.15, -0.1) is 5.60 Å². The Morgan fingerprint density at radius 2 is 1.08 bits per heavy atom. The van der Waals surface area contributed by atoms with Crippen LogP contribution in [0.25, 0.3) is 0 Å². The Hall–Kier alpha value is -0.770. The van der Waals surface area contributed by atoms with E-state index in [4.69, 9.17) is 0 Å². The Morgan fingerprint density at radius 3 is 1.24 bits per heavy atom. The highest BCUT2D eigenvalue weighted by molar-refractivity contribution is 5.68. The van der Waals surface area contributed by atoms with Crippen LogP contribution in [0.3, 0.4) is 0 Å². The molecule has 0 radical (unpaired) electrons. The van der Waals surface area contributed by atoms with Crippen LogP contribution in [0.1, 0.15) is 107 Å². The molecule has 0 bridgehead atoms. The second kappa shape index (κ2) is 11.8. The summed E-state index contributed by atoms with van der Waals surface area (Å²) in [5, 5.41) is 18.4. The van der Waals surface area contributed by atoms with Crippen LogP contribution < -0.4 is 22.0 Å². The Labute approximate surface area is 157 Å². The summed E-state index contributed by atoms with van der Waals surface area (Å²) in [5.41, 5.74) is 8.49. The van der Waals surface area contributed by atoms with E-state index in [1.165, 1.54) is 12.8 Å². The molecule has 0 spiro atoms. The fourth-order valence-electron chi connectivity index (χ4n) is 5.94. The SMILES string of the molecule is CCC(CC)C(CC)(CC)C(CC)(CC)C([O-])(CC)CC.NC(N)=[NH2+]. The lowest BCUT2D eigenvalue weighted by atomic mass is 9.45. The van der Waals surface area contributed by atoms with Gasteiger partial charge >= 0.3 is 5.96 Å². The number of nitrogens with two attached hydrogens (primary N) is 3. The first-order valence-electron chi connectivity index (χ1n) is 10.5. The lowest BCUT2D eigenvalue weighted by Gasteiger charge is -2.67. The maximum Gasteiger partial charge on any atom is 0.336 e. The van der Waals surface area contributed by atoms with Crippen molar-refractivity contribution < 1.29 is 10.5 Å². The maximum atomic E-state index is 13.8. The van der Waals surface area contributed by atoms with Crippen molar-refractivity contribution in [3.8, 4) is 0 Å². The van der Waals surface area contributed by atoms with Crippen molar-refractivity contribution in [3.05, 3.63) is 0 Å². The molecule has 0 aromatic rings. The molecule has 25 heavy (non-hydrogen) atoms. The first-order chi connectivity index (χ1) is 11.6. The van der Waals surface area contributed by atoms with Gasteiger partial charge in [0, 0.05) is 0 Å². The van der Waals surface area contributed by atoms with E-state index in [2.05, 4.69) is 72.3 Å². The van der Waals surface area contributed by atoms with Gasteiger partial charge < -0.3 is 5.11 Å². The molecule has 0 amide bonds. The minimum absolute atomic E-state index is 0.0797. The van der Waals surface area contributed by atoms with Crippen LogP contribution in [0.15, 0.2) is 0 Å². The van der Waals surface area contributed by atoms with Crippen LogP contribution in [0, 0.1) is 16.7 Å². The highest BCUT2D eigenvalue weighted by Gasteiger charge is 2.54. The summed E-state index contributed by atoms with van der Waals surface area (Å²) in [5.74, 6) is 0.582. The van der Waals surface area contributed by atoms with Gasteiger partial charge in [-0.1, -0.05) is 93.9 Å². The van der Waals surface area contributed by atoms with Gasteiger partial charge in [-0.05, 0) is 29.6 Å². The zero-order chi connectivity index (χ0) is 20.3. The van der Waals surface area contributed by atoms with Crippen LogP contribution in [0.4, 0.5) is 0 Å². The molecule has 0 aromatic carbocycles. The Kier molecular flexibility index (Phi) is 12.5. The van der Waals surface area contributed by atoms with E-state index in [0.717, 1.165) is 38.5 Å². The lowest BCUT2D eigenvalue weighted by molar-refractivity contribution is -0.523. The summed E-state index contributed by atoms with van der Waals surface area (Å²) in [6.45, 7) is 18.0. The normalized spacial score (nSPS) is 12.7. The topological polar surface area (TPSA) is 101 Å². The van der Waals surface area contributed by atoms with Crippen LogP contribution >= 0.6 is 0 Å². The van der Waals surface area contributed by atoms with Crippen LogP contribution in [-0.4, -0.2) is 11.6 Å². The highest BCUT2D eigenvalue weighted by atomic mass is 16.3. The molecule has 0 unspecified atom stereocenters. The second-order valence-electron chi connectivity index (χ2n) is 7.37. The predicted molar refractivity (Wildman–Crippen MR) is 109 cm³/mol. The van der Waals surface area contributed by atoms with Gasteiger partial charge in [-0.3, -0.25) is 16.9 Å². The van der Waals surface area contributed by atoms with Crippen molar-refractivity contribution in [2.75, 3.05) is 0 Å². The summed E-state index contributed by atoms with van der Waals surface area (Å²) in [7, 11) is 0. The molecule has 0 aliphatic heterocycles. The molecule has 4 heteroatoms. The second-order valence-corrected chi connectivity index (χ2v) is 7.37. The molecule has 0 aromatic heterocycles. The molecule has 0 rings (SSSR count).